The van der Waals surface area contributed by atoms with Gasteiger partial charge in [0, 0.05) is 52.1 Å². The third kappa shape index (κ3) is 6.02. The maximum atomic E-state index is 12.3. The number of carbonyl (C=O) groups excluding carboxylic acids is 1. The molecule has 1 amide bonds. The molecule has 7 heteroatoms. The number of hydrogen-bond donors (Lipinski definition) is 2. The third-order valence-corrected chi connectivity index (χ3v) is 5.96. The summed E-state index contributed by atoms with van der Waals surface area (Å²) in [5, 5.41) is 3.60. The first kappa shape index (κ1) is 22.2. The Kier molecular flexibility index (Phi) is 7.29. The van der Waals surface area contributed by atoms with Crippen molar-refractivity contribution in [3.8, 4) is 0 Å². The summed E-state index contributed by atoms with van der Waals surface area (Å²) >= 11 is 0. The average molecular weight is 434 g/mol. The van der Waals surface area contributed by atoms with E-state index in [9.17, 15) is 9.59 Å². The van der Waals surface area contributed by atoms with Gasteiger partial charge in [0.15, 0.2) is 0 Å². The SMILES string of the molecule is CN1CCN(Cc2cccc(CNC(=O)CCCc3nc4ccccc4c(=O)[nH]3)c2)CC1. The second kappa shape index (κ2) is 10.5. The van der Waals surface area contributed by atoms with Gasteiger partial charge < -0.3 is 15.2 Å². The fourth-order valence-corrected chi connectivity index (χ4v) is 4.06. The van der Waals surface area contributed by atoms with E-state index in [-0.39, 0.29) is 11.5 Å². The minimum Gasteiger partial charge on any atom is -0.352 e. The normalized spacial score (nSPS) is 15.2. The molecule has 1 aromatic heterocycles. The predicted molar refractivity (Wildman–Crippen MR) is 126 cm³/mol. The molecule has 0 spiro atoms. The molecular formula is C25H31N5O2. The van der Waals surface area contributed by atoms with Gasteiger partial charge in [-0.25, -0.2) is 4.98 Å². The Morgan fingerprint density at radius 2 is 1.84 bits per heavy atom. The van der Waals surface area contributed by atoms with E-state index in [1.54, 1.807) is 6.07 Å². The largest absolute Gasteiger partial charge is 0.352 e. The van der Waals surface area contributed by atoms with Gasteiger partial charge >= 0.3 is 0 Å². The summed E-state index contributed by atoms with van der Waals surface area (Å²) < 4.78 is 0. The molecule has 0 atom stereocenters. The first-order chi connectivity index (χ1) is 15.6. The molecule has 2 aromatic carbocycles. The molecule has 0 unspecified atom stereocenters. The highest BCUT2D eigenvalue weighted by Gasteiger charge is 2.14. The van der Waals surface area contributed by atoms with E-state index in [2.05, 4.69) is 56.4 Å². The van der Waals surface area contributed by atoms with Crippen molar-refractivity contribution in [3.05, 3.63) is 75.8 Å². The first-order valence-electron chi connectivity index (χ1n) is 11.3. The lowest BCUT2D eigenvalue weighted by atomic mass is 10.1. The van der Waals surface area contributed by atoms with Crippen LogP contribution in [0.15, 0.2) is 53.3 Å². The van der Waals surface area contributed by atoms with Gasteiger partial charge in [0.05, 0.1) is 10.9 Å². The van der Waals surface area contributed by atoms with E-state index >= 15 is 0 Å². The molecule has 2 N–H and O–H groups in total. The summed E-state index contributed by atoms with van der Waals surface area (Å²) in [6.45, 7) is 5.88. The smallest absolute Gasteiger partial charge is 0.258 e. The second-order valence-corrected chi connectivity index (χ2v) is 8.56. The highest BCUT2D eigenvalue weighted by atomic mass is 16.1. The molecule has 32 heavy (non-hydrogen) atoms. The van der Waals surface area contributed by atoms with Crippen molar-refractivity contribution in [1.82, 2.24) is 25.1 Å². The average Bonchev–Trinajstić information content (AvgIpc) is 2.80. The molecule has 0 saturated carbocycles. The Labute approximate surface area is 188 Å². The molecule has 4 rings (SSSR count). The number of likely N-dealkylation sites (N-methyl/N-ethyl adjacent to an activating group) is 1. The number of carbonyl (C=O) groups is 1. The highest BCUT2D eigenvalue weighted by molar-refractivity contribution is 5.77. The number of nitrogens with zero attached hydrogens (tertiary/aromatic N) is 3. The van der Waals surface area contributed by atoms with Gasteiger partial charge in [-0.3, -0.25) is 14.5 Å². The molecule has 1 fully saturated rings. The van der Waals surface area contributed by atoms with Crippen LogP contribution in [0.5, 0.6) is 0 Å². The van der Waals surface area contributed by atoms with E-state index in [1.807, 2.05) is 18.2 Å². The van der Waals surface area contributed by atoms with Gasteiger partial charge in [-0.2, -0.15) is 0 Å². The maximum Gasteiger partial charge on any atom is 0.258 e. The Bertz CT molecular complexity index is 1120. The van der Waals surface area contributed by atoms with Crippen LogP contribution in [0.4, 0.5) is 0 Å². The van der Waals surface area contributed by atoms with Gasteiger partial charge in [-0.1, -0.05) is 36.4 Å². The third-order valence-electron chi connectivity index (χ3n) is 5.96. The molecule has 7 nitrogen and oxygen atoms in total. The van der Waals surface area contributed by atoms with E-state index in [4.69, 9.17) is 0 Å². The number of aryl methyl sites for hydroxylation is 1. The molecule has 168 valence electrons. The summed E-state index contributed by atoms with van der Waals surface area (Å²) in [5.74, 6) is 0.635. The molecular weight excluding hydrogens is 402 g/mol. The molecule has 1 aliphatic heterocycles. The Morgan fingerprint density at radius 3 is 2.69 bits per heavy atom. The molecule has 1 saturated heterocycles. The number of para-hydroxylation sites is 1. The van der Waals surface area contributed by atoms with E-state index in [0.717, 1.165) is 38.3 Å². The number of piperazine rings is 1. The van der Waals surface area contributed by atoms with Crippen LogP contribution in [0, 0.1) is 0 Å². The second-order valence-electron chi connectivity index (χ2n) is 8.56. The molecule has 1 aliphatic rings. The lowest BCUT2D eigenvalue weighted by Crippen LogP contribution is -2.43. The predicted octanol–water partition coefficient (Wildman–Crippen LogP) is 2.31. The van der Waals surface area contributed by atoms with Crippen LogP contribution < -0.4 is 10.9 Å². The van der Waals surface area contributed by atoms with Gasteiger partial charge in [0.2, 0.25) is 5.91 Å². The van der Waals surface area contributed by atoms with E-state index in [0.29, 0.717) is 42.5 Å². The number of fused-ring (bicyclic) bond motifs is 1. The van der Waals surface area contributed by atoms with Gasteiger partial charge in [-0.05, 0) is 36.7 Å². The molecule has 0 aliphatic carbocycles. The lowest BCUT2D eigenvalue weighted by molar-refractivity contribution is -0.121. The number of hydrogen-bond acceptors (Lipinski definition) is 5. The first-order valence-corrected chi connectivity index (χ1v) is 11.3. The van der Waals surface area contributed by atoms with Crippen molar-refractivity contribution in [3.63, 3.8) is 0 Å². The monoisotopic (exact) mass is 433 g/mol. The fraction of sp³-hybridized carbons (Fsp3) is 0.400. The number of benzene rings is 2. The lowest BCUT2D eigenvalue weighted by Gasteiger charge is -2.32. The van der Waals surface area contributed by atoms with Crippen LogP contribution in [0.1, 0.15) is 29.8 Å². The zero-order valence-corrected chi connectivity index (χ0v) is 18.6. The van der Waals surface area contributed by atoms with E-state index in [1.165, 1.54) is 5.56 Å². The molecule has 0 radical (unpaired) electrons. The van der Waals surface area contributed by atoms with Gasteiger partial charge in [-0.15, -0.1) is 0 Å². The number of aromatic amines is 1. The molecule has 2 heterocycles. The molecule has 0 bridgehead atoms. The Morgan fingerprint density at radius 1 is 1.06 bits per heavy atom. The number of amides is 1. The quantitative estimate of drug-likeness (QED) is 0.570. The van der Waals surface area contributed by atoms with Crippen molar-refractivity contribution < 1.29 is 4.79 Å². The number of aromatic nitrogens is 2. The number of rotatable bonds is 8. The minimum atomic E-state index is -0.133. The summed E-state index contributed by atoms with van der Waals surface area (Å²) in [6.07, 6.45) is 1.60. The van der Waals surface area contributed by atoms with Crippen LogP contribution in [0.25, 0.3) is 10.9 Å². The van der Waals surface area contributed by atoms with Crippen LogP contribution in [0.2, 0.25) is 0 Å². The zero-order chi connectivity index (χ0) is 22.3. The fourth-order valence-electron chi connectivity index (χ4n) is 4.06. The number of nitrogens with one attached hydrogen (secondary N) is 2. The minimum absolute atomic E-state index is 0.0117. The summed E-state index contributed by atoms with van der Waals surface area (Å²) in [7, 11) is 2.16. The summed E-state index contributed by atoms with van der Waals surface area (Å²) in [5.41, 5.74) is 2.96. The van der Waals surface area contributed by atoms with Crippen LogP contribution in [-0.2, 0) is 24.3 Å². The standard InChI is InChI=1S/C25H31N5O2/c1-29-12-14-30(15-13-29)18-20-7-4-6-19(16-20)17-26-24(31)11-5-10-23-27-22-9-3-2-8-21(22)25(32)28-23/h2-4,6-9,16H,5,10-15,17-18H2,1H3,(H,26,31)(H,27,28,32). The topological polar surface area (TPSA) is 81.3 Å². The van der Waals surface area contributed by atoms with Crippen molar-refractivity contribution in [2.24, 2.45) is 0 Å². The van der Waals surface area contributed by atoms with E-state index < -0.39 is 0 Å². The van der Waals surface area contributed by atoms with Crippen LogP contribution in [-0.4, -0.2) is 58.9 Å². The van der Waals surface area contributed by atoms with Crippen molar-refractivity contribution in [1.29, 1.82) is 0 Å². The van der Waals surface area contributed by atoms with Crippen molar-refractivity contribution >= 4 is 16.8 Å². The summed E-state index contributed by atoms with van der Waals surface area (Å²) in [6, 6.07) is 15.7. The van der Waals surface area contributed by atoms with Gasteiger partial charge in [0.1, 0.15) is 5.82 Å². The van der Waals surface area contributed by atoms with Crippen molar-refractivity contribution in [2.75, 3.05) is 33.2 Å². The molecule has 3 aromatic rings. The van der Waals surface area contributed by atoms with Crippen LogP contribution >= 0.6 is 0 Å². The van der Waals surface area contributed by atoms with Crippen molar-refractivity contribution in [2.45, 2.75) is 32.4 Å². The maximum absolute atomic E-state index is 12.3. The van der Waals surface area contributed by atoms with Gasteiger partial charge in [0.25, 0.3) is 5.56 Å². The highest BCUT2D eigenvalue weighted by Crippen LogP contribution is 2.11. The summed E-state index contributed by atoms with van der Waals surface area (Å²) in [4.78, 5) is 36.6. The number of H-pyrrole nitrogens is 1. The zero-order valence-electron chi connectivity index (χ0n) is 18.6. The Hall–Kier alpha value is -3.03. The van der Waals surface area contributed by atoms with Crippen LogP contribution in [0.3, 0.4) is 0 Å². The Balaban J connectivity index is 1.22.